The first kappa shape index (κ1) is 30.1. The van der Waals surface area contributed by atoms with Crippen LogP contribution in [0.3, 0.4) is 0 Å². The average molecular weight is 631 g/mol. The minimum atomic E-state index is -4.61. The van der Waals surface area contributed by atoms with Crippen LogP contribution in [-0.4, -0.2) is 55.5 Å². The fourth-order valence-corrected chi connectivity index (χ4v) is 6.57. The van der Waals surface area contributed by atoms with Crippen LogP contribution in [0, 0.1) is 0 Å². The smallest absolute Gasteiger partial charge is 0.378 e. The lowest BCUT2D eigenvalue weighted by Gasteiger charge is -2.24. The van der Waals surface area contributed by atoms with Crippen molar-refractivity contribution in [1.29, 1.82) is 0 Å². The Morgan fingerprint density at radius 1 is 0.957 bits per heavy atom. The summed E-state index contributed by atoms with van der Waals surface area (Å²) >= 11 is 0. The number of benzene rings is 2. The Balaban J connectivity index is 1.12. The first-order chi connectivity index (χ1) is 22.1. The van der Waals surface area contributed by atoms with Gasteiger partial charge in [-0.05, 0) is 67.3 Å². The Morgan fingerprint density at radius 2 is 1.70 bits per heavy atom. The van der Waals surface area contributed by atoms with Gasteiger partial charge in [0.05, 0.1) is 28.8 Å². The van der Waals surface area contributed by atoms with E-state index in [0.717, 1.165) is 79.6 Å². The zero-order chi connectivity index (χ0) is 32.1. The number of aromatic nitrogens is 4. The zero-order valence-corrected chi connectivity index (χ0v) is 25.1. The molecule has 12 heteroatoms. The minimum absolute atomic E-state index is 0.0945. The van der Waals surface area contributed by atoms with Crippen molar-refractivity contribution in [3.05, 3.63) is 105 Å². The fraction of sp³-hybridized carbons (Fsp3) is 0.382. The van der Waals surface area contributed by atoms with Gasteiger partial charge >= 0.3 is 6.18 Å². The second-order valence-corrected chi connectivity index (χ2v) is 12.4. The van der Waals surface area contributed by atoms with E-state index in [2.05, 4.69) is 25.9 Å². The predicted octanol–water partition coefficient (Wildman–Crippen LogP) is 4.93. The number of fused-ring (bicyclic) bond motifs is 1. The second-order valence-electron chi connectivity index (χ2n) is 12.4. The lowest BCUT2D eigenvalue weighted by Crippen LogP contribution is -2.36. The third-order valence-electron chi connectivity index (χ3n) is 9.35. The number of carbonyl (C=O) groups is 1. The normalized spacial score (nSPS) is 18.2. The van der Waals surface area contributed by atoms with E-state index < -0.39 is 29.2 Å². The Hall–Kier alpha value is -4.58. The maximum atomic E-state index is 13.5. The van der Waals surface area contributed by atoms with Crippen LogP contribution in [0.4, 0.5) is 19.1 Å². The summed E-state index contributed by atoms with van der Waals surface area (Å²) in [7, 11) is 0. The molecule has 4 aromatic rings. The highest BCUT2D eigenvalue weighted by Crippen LogP contribution is 2.52. The summed E-state index contributed by atoms with van der Waals surface area (Å²) < 4.78 is 39.6. The van der Waals surface area contributed by atoms with E-state index in [1.54, 1.807) is 0 Å². The number of hydrogen-bond acceptors (Lipinski definition) is 7. The van der Waals surface area contributed by atoms with Gasteiger partial charge in [0.1, 0.15) is 5.82 Å². The van der Waals surface area contributed by atoms with Crippen molar-refractivity contribution >= 4 is 11.9 Å². The molecule has 1 saturated heterocycles. The largest absolute Gasteiger partial charge is 0.416 e. The number of nitrogens with one attached hydrogen (secondary N) is 1. The van der Waals surface area contributed by atoms with E-state index in [-0.39, 0.29) is 24.2 Å². The number of rotatable bonds is 6. The number of aliphatic hydroxyl groups is 1. The van der Waals surface area contributed by atoms with Crippen molar-refractivity contribution in [2.45, 2.75) is 62.8 Å². The highest BCUT2D eigenvalue weighted by molar-refractivity contribution is 5.82. The lowest BCUT2D eigenvalue weighted by molar-refractivity contribution is -0.142. The van der Waals surface area contributed by atoms with Gasteiger partial charge in [0.2, 0.25) is 5.95 Å². The van der Waals surface area contributed by atoms with Crippen LogP contribution in [0.1, 0.15) is 72.0 Å². The average Bonchev–Trinajstić information content (AvgIpc) is 3.76. The van der Waals surface area contributed by atoms with Crippen molar-refractivity contribution in [2.24, 2.45) is 0 Å². The van der Waals surface area contributed by atoms with Crippen LogP contribution < -0.4 is 10.5 Å². The molecule has 9 nitrogen and oxygen atoms in total. The number of hydrogen-bond donors (Lipinski definition) is 2. The zero-order valence-electron chi connectivity index (χ0n) is 25.1. The van der Waals surface area contributed by atoms with Crippen molar-refractivity contribution in [3.8, 4) is 11.1 Å². The lowest BCUT2D eigenvalue weighted by atomic mass is 9.92. The van der Waals surface area contributed by atoms with E-state index in [1.807, 2.05) is 30.6 Å². The molecule has 1 atom stereocenters. The Labute approximate surface area is 263 Å². The SMILES string of the molecule is O=C(C(O)c1cccc(C(F)(F)F)c1)N1CCCc2nc(C3(c4cccc(-c5cnc(N6CCCC6)nc5)c4)CC3)[nH]c(=O)c2C1. The number of nitrogens with zero attached hydrogens (tertiary/aromatic N) is 5. The molecule has 2 aromatic heterocycles. The Bertz CT molecular complexity index is 1830. The molecule has 4 heterocycles. The minimum Gasteiger partial charge on any atom is -0.378 e. The van der Waals surface area contributed by atoms with Crippen LogP contribution in [0.2, 0.25) is 0 Å². The molecule has 0 bridgehead atoms. The van der Waals surface area contributed by atoms with Gasteiger partial charge < -0.3 is 19.9 Å². The molecular weight excluding hydrogens is 597 g/mol. The molecule has 2 fully saturated rings. The van der Waals surface area contributed by atoms with Gasteiger partial charge in [-0.1, -0.05) is 36.4 Å². The number of carbonyl (C=O) groups excluding carboxylic acids is 1. The van der Waals surface area contributed by atoms with Gasteiger partial charge in [-0.3, -0.25) is 9.59 Å². The van der Waals surface area contributed by atoms with E-state index in [4.69, 9.17) is 4.98 Å². The predicted molar refractivity (Wildman–Crippen MR) is 164 cm³/mol. The molecule has 2 aliphatic heterocycles. The Morgan fingerprint density at radius 3 is 2.41 bits per heavy atom. The van der Waals surface area contributed by atoms with Crippen molar-refractivity contribution in [3.63, 3.8) is 0 Å². The van der Waals surface area contributed by atoms with Gasteiger partial charge in [0, 0.05) is 37.6 Å². The quantitative estimate of drug-likeness (QED) is 0.310. The van der Waals surface area contributed by atoms with E-state index in [9.17, 15) is 27.9 Å². The molecule has 1 unspecified atom stereocenters. The standard InChI is InChI=1S/C34H33F3N6O3/c35-34(36,37)25-9-4-7-22(17-25)28(44)30(46)43-15-5-10-27-26(20-43)29(45)41-31(40-27)33(11-12-33)24-8-3-6-21(16-24)23-18-38-32(39-19-23)42-13-1-2-14-42/h3-4,6-9,16-19,28,44H,1-2,5,10-15,20H2,(H,40,41,45). The molecular formula is C34H33F3N6O3. The maximum Gasteiger partial charge on any atom is 0.416 e. The molecule has 1 aliphatic carbocycles. The second kappa shape index (κ2) is 11.7. The van der Waals surface area contributed by atoms with Crippen LogP contribution >= 0.6 is 0 Å². The molecule has 3 aliphatic rings. The molecule has 0 spiro atoms. The van der Waals surface area contributed by atoms with Crippen LogP contribution in [0.5, 0.6) is 0 Å². The first-order valence-electron chi connectivity index (χ1n) is 15.6. The molecule has 2 aromatic carbocycles. The molecule has 0 radical (unpaired) electrons. The van der Waals surface area contributed by atoms with Gasteiger partial charge in [-0.15, -0.1) is 0 Å². The monoisotopic (exact) mass is 630 g/mol. The number of anilines is 1. The van der Waals surface area contributed by atoms with Gasteiger partial charge in [0.15, 0.2) is 6.10 Å². The molecule has 1 amide bonds. The van der Waals surface area contributed by atoms with Gasteiger partial charge in [-0.25, -0.2) is 15.0 Å². The third-order valence-corrected chi connectivity index (χ3v) is 9.35. The number of aliphatic hydroxyl groups excluding tert-OH is 1. The van der Waals surface area contributed by atoms with Gasteiger partial charge in [0.25, 0.3) is 11.5 Å². The van der Waals surface area contributed by atoms with E-state index in [1.165, 1.54) is 11.0 Å². The summed E-state index contributed by atoms with van der Waals surface area (Å²) in [5.41, 5.74) is 1.92. The fourth-order valence-electron chi connectivity index (χ4n) is 6.57. The highest BCUT2D eigenvalue weighted by Gasteiger charge is 2.49. The number of amides is 1. The van der Waals surface area contributed by atoms with Gasteiger partial charge in [-0.2, -0.15) is 13.2 Å². The maximum absolute atomic E-state index is 13.5. The summed E-state index contributed by atoms with van der Waals surface area (Å²) in [5.74, 6) is 0.564. The van der Waals surface area contributed by atoms with Crippen LogP contribution in [-0.2, 0) is 29.4 Å². The van der Waals surface area contributed by atoms with Crippen molar-refractivity contribution in [2.75, 3.05) is 24.5 Å². The topological polar surface area (TPSA) is 115 Å². The molecule has 238 valence electrons. The van der Waals surface area contributed by atoms with Crippen molar-refractivity contribution < 1.29 is 23.1 Å². The number of alkyl halides is 3. The van der Waals surface area contributed by atoms with Crippen molar-refractivity contribution in [1.82, 2.24) is 24.8 Å². The molecule has 1 saturated carbocycles. The number of aryl methyl sites for hydroxylation is 1. The highest BCUT2D eigenvalue weighted by atomic mass is 19.4. The van der Waals surface area contributed by atoms with Crippen LogP contribution in [0.15, 0.2) is 65.7 Å². The summed E-state index contributed by atoms with van der Waals surface area (Å²) in [4.78, 5) is 47.3. The summed E-state index contributed by atoms with van der Waals surface area (Å²) in [6.45, 7) is 2.08. The van der Waals surface area contributed by atoms with E-state index in [0.29, 0.717) is 29.9 Å². The Kier molecular flexibility index (Phi) is 7.62. The third kappa shape index (κ3) is 5.66. The molecule has 46 heavy (non-hydrogen) atoms. The summed E-state index contributed by atoms with van der Waals surface area (Å²) in [6.07, 6.45) is 2.16. The number of halogens is 3. The van der Waals surface area contributed by atoms with Crippen LogP contribution in [0.25, 0.3) is 11.1 Å². The summed E-state index contributed by atoms with van der Waals surface area (Å²) in [5, 5.41) is 10.7. The van der Waals surface area contributed by atoms with E-state index >= 15 is 0 Å². The number of aromatic amines is 1. The number of H-pyrrole nitrogens is 1. The first-order valence-corrected chi connectivity index (χ1v) is 15.6. The molecule has 7 rings (SSSR count). The molecule has 2 N–H and O–H groups in total. The summed E-state index contributed by atoms with van der Waals surface area (Å²) in [6, 6.07) is 12.2.